The fraction of sp³-hybridized carbons (Fsp3) is 0.333. The van der Waals surface area contributed by atoms with Crippen LogP contribution in [0.4, 0.5) is 0 Å². The summed E-state index contributed by atoms with van der Waals surface area (Å²) in [6.07, 6.45) is 2.68. The van der Waals surface area contributed by atoms with Crippen LogP contribution in [0.1, 0.15) is 41.6 Å². The second-order valence-corrected chi connectivity index (χ2v) is 8.38. The molecular weight excluding hydrogens is 400 g/mol. The van der Waals surface area contributed by atoms with Crippen molar-refractivity contribution in [2.45, 2.75) is 38.6 Å². The topological polar surface area (TPSA) is 58.6 Å². The van der Waals surface area contributed by atoms with Crippen LogP contribution in [0.3, 0.4) is 0 Å². The molecule has 1 heterocycles. The van der Waals surface area contributed by atoms with Crippen LogP contribution in [0.2, 0.25) is 0 Å². The SMILES string of the molecule is Cc1ccccc1OCCCC(=O)NC1CCN(C(=O)c2cccc3ccccc23)CC1. The van der Waals surface area contributed by atoms with Gasteiger partial charge in [-0.25, -0.2) is 0 Å². The standard InChI is InChI=1S/C27H30N2O3/c1-20-8-2-5-13-25(20)32-19-7-14-26(30)28-22-15-17-29(18-16-22)27(31)24-12-6-10-21-9-3-4-11-23(21)24/h2-6,8-13,22H,7,14-19H2,1H3,(H,28,30). The van der Waals surface area contributed by atoms with Crippen LogP contribution < -0.4 is 10.1 Å². The van der Waals surface area contributed by atoms with E-state index in [1.54, 1.807) is 0 Å². The Morgan fingerprint density at radius 1 is 0.969 bits per heavy atom. The first-order valence-electron chi connectivity index (χ1n) is 11.4. The third-order valence-electron chi connectivity index (χ3n) is 6.07. The van der Waals surface area contributed by atoms with E-state index in [0.29, 0.717) is 32.5 Å². The van der Waals surface area contributed by atoms with Gasteiger partial charge in [-0.15, -0.1) is 0 Å². The molecule has 166 valence electrons. The highest BCUT2D eigenvalue weighted by Gasteiger charge is 2.25. The molecule has 0 saturated carbocycles. The molecule has 0 aliphatic carbocycles. The summed E-state index contributed by atoms with van der Waals surface area (Å²) in [5.41, 5.74) is 1.85. The number of carbonyl (C=O) groups is 2. The number of hydrogen-bond acceptors (Lipinski definition) is 3. The predicted octanol–water partition coefficient (Wildman–Crippen LogP) is 4.73. The van der Waals surface area contributed by atoms with E-state index in [1.807, 2.05) is 78.6 Å². The van der Waals surface area contributed by atoms with E-state index in [2.05, 4.69) is 5.32 Å². The van der Waals surface area contributed by atoms with Crippen molar-refractivity contribution >= 4 is 22.6 Å². The van der Waals surface area contributed by atoms with Crippen molar-refractivity contribution in [2.75, 3.05) is 19.7 Å². The number of nitrogens with zero attached hydrogens (tertiary/aromatic N) is 1. The Balaban J connectivity index is 1.21. The Morgan fingerprint density at radius 3 is 2.50 bits per heavy atom. The van der Waals surface area contributed by atoms with E-state index in [0.717, 1.165) is 40.5 Å². The summed E-state index contributed by atoms with van der Waals surface area (Å²) in [6, 6.07) is 21.9. The van der Waals surface area contributed by atoms with Crippen molar-refractivity contribution in [1.29, 1.82) is 0 Å². The summed E-state index contributed by atoms with van der Waals surface area (Å²) >= 11 is 0. The van der Waals surface area contributed by atoms with Crippen LogP contribution in [0, 0.1) is 6.92 Å². The Kier molecular flexibility index (Phi) is 7.05. The van der Waals surface area contributed by atoms with Gasteiger partial charge in [0.1, 0.15) is 5.75 Å². The summed E-state index contributed by atoms with van der Waals surface area (Å²) in [5.74, 6) is 0.994. The minimum Gasteiger partial charge on any atom is -0.493 e. The molecule has 0 aromatic heterocycles. The smallest absolute Gasteiger partial charge is 0.254 e. The van der Waals surface area contributed by atoms with Gasteiger partial charge in [0.2, 0.25) is 5.91 Å². The van der Waals surface area contributed by atoms with Gasteiger partial charge in [-0.3, -0.25) is 9.59 Å². The number of carbonyl (C=O) groups excluding carboxylic acids is 2. The van der Waals surface area contributed by atoms with Gasteiger partial charge < -0.3 is 15.0 Å². The summed E-state index contributed by atoms with van der Waals surface area (Å²) in [4.78, 5) is 27.3. The van der Waals surface area contributed by atoms with Crippen molar-refractivity contribution in [1.82, 2.24) is 10.2 Å². The fourth-order valence-corrected chi connectivity index (χ4v) is 4.24. The van der Waals surface area contributed by atoms with Gasteiger partial charge >= 0.3 is 0 Å². The molecule has 1 saturated heterocycles. The molecule has 0 spiro atoms. The first-order valence-corrected chi connectivity index (χ1v) is 11.4. The number of ether oxygens (including phenoxy) is 1. The number of rotatable bonds is 7. The first kappa shape index (κ1) is 21.9. The molecule has 0 unspecified atom stereocenters. The van der Waals surface area contributed by atoms with Gasteiger partial charge in [0.25, 0.3) is 5.91 Å². The maximum absolute atomic E-state index is 13.1. The molecule has 0 bridgehead atoms. The minimum absolute atomic E-state index is 0.0530. The van der Waals surface area contributed by atoms with Crippen LogP contribution >= 0.6 is 0 Å². The van der Waals surface area contributed by atoms with Gasteiger partial charge in [0, 0.05) is 31.1 Å². The third kappa shape index (κ3) is 5.28. The van der Waals surface area contributed by atoms with Gasteiger partial charge in [-0.1, -0.05) is 54.6 Å². The lowest BCUT2D eigenvalue weighted by atomic mass is 10.0. The number of benzene rings is 3. The molecule has 0 radical (unpaired) electrons. The average Bonchev–Trinajstić information content (AvgIpc) is 2.82. The van der Waals surface area contributed by atoms with Crippen molar-refractivity contribution in [3.05, 3.63) is 77.9 Å². The summed E-state index contributed by atoms with van der Waals surface area (Å²) in [6.45, 7) is 3.85. The maximum atomic E-state index is 13.1. The van der Waals surface area contributed by atoms with Crippen LogP contribution in [-0.2, 0) is 4.79 Å². The molecular formula is C27H30N2O3. The lowest BCUT2D eigenvalue weighted by molar-refractivity contribution is -0.122. The largest absolute Gasteiger partial charge is 0.493 e. The minimum atomic E-state index is 0.0530. The van der Waals surface area contributed by atoms with E-state index in [-0.39, 0.29) is 17.9 Å². The molecule has 32 heavy (non-hydrogen) atoms. The molecule has 0 atom stereocenters. The van der Waals surface area contributed by atoms with Gasteiger partial charge in [-0.2, -0.15) is 0 Å². The molecule has 1 aliphatic rings. The van der Waals surface area contributed by atoms with Crippen molar-refractivity contribution in [3.8, 4) is 5.75 Å². The third-order valence-corrected chi connectivity index (χ3v) is 6.07. The van der Waals surface area contributed by atoms with Crippen LogP contribution in [-0.4, -0.2) is 42.5 Å². The summed E-state index contributed by atoms with van der Waals surface area (Å²) in [5, 5.41) is 5.19. The van der Waals surface area contributed by atoms with Crippen molar-refractivity contribution in [2.24, 2.45) is 0 Å². The zero-order chi connectivity index (χ0) is 22.3. The monoisotopic (exact) mass is 430 g/mol. The van der Waals surface area contributed by atoms with Crippen molar-refractivity contribution in [3.63, 3.8) is 0 Å². The number of para-hydroxylation sites is 1. The van der Waals surface area contributed by atoms with Crippen LogP contribution in [0.15, 0.2) is 66.7 Å². The van der Waals surface area contributed by atoms with E-state index in [1.165, 1.54) is 0 Å². The van der Waals surface area contributed by atoms with E-state index in [9.17, 15) is 9.59 Å². The molecule has 3 aromatic rings. The van der Waals surface area contributed by atoms with Crippen LogP contribution in [0.5, 0.6) is 5.75 Å². The summed E-state index contributed by atoms with van der Waals surface area (Å²) < 4.78 is 5.77. The number of amides is 2. The Morgan fingerprint density at radius 2 is 1.69 bits per heavy atom. The number of nitrogens with one attached hydrogen (secondary N) is 1. The Labute approximate surface area is 189 Å². The summed E-state index contributed by atoms with van der Waals surface area (Å²) in [7, 11) is 0. The second kappa shape index (κ2) is 10.3. The normalized spacial score (nSPS) is 14.3. The maximum Gasteiger partial charge on any atom is 0.254 e. The highest BCUT2D eigenvalue weighted by molar-refractivity contribution is 6.07. The zero-order valence-electron chi connectivity index (χ0n) is 18.5. The number of likely N-dealkylation sites (tertiary alicyclic amines) is 1. The molecule has 2 amide bonds. The zero-order valence-corrected chi connectivity index (χ0v) is 18.5. The van der Waals surface area contributed by atoms with Gasteiger partial charge in [0.15, 0.2) is 0 Å². The number of aryl methyl sites for hydroxylation is 1. The highest BCUT2D eigenvalue weighted by Crippen LogP contribution is 2.22. The predicted molar refractivity (Wildman–Crippen MR) is 127 cm³/mol. The molecule has 1 fully saturated rings. The Bertz CT molecular complexity index is 1080. The molecule has 5 nitrogen and oxygen atoms in total. The van der Waals surface area contributed by atoms with Gasteiger partial charge in [0.05, 0.1) is 6.61 Å². The van der Waals surface area contributed by atoms with Crippen molar-refractivity contribution < 1.29 is 14.3 Å². The quantitative estimate of drug-likeness (QED) is 0.552. The molecule has 1 N–H and O–H groups in total. The van der Waals surface area contributed by atoms with E-state index >= 15 is 0 Å². The molecule has 3 aromatic carbocycles. The Hall–Kier alpha value is -3.34. The van der Waals surface area contributed by atoms with Gasteiger partial charge in [-0.05, 0) is 54.7 Å². The molecule has 1 aliphatic heterocycles. The highest BCUT2D eigenvalue weighted by atomic mass is 16.5. The molecule has 4 rings (SSSR count). The lowest BCUT2D eigenvalue weighted by Crippen LogP contribution is -2.46. The van der Waals surface area contributed by atoms with E-state index in [4.69, 9.17) is 4.74 Å². The second-order valence-electron chi connectivity index (χ2n) is 8.38. The fourth-order valence-electron chi connectivity index (χ4n) is 4.24. The number of piperidine rings is 1. The lowest BCUT2D eigenvalue weighted by Gasteiger charge is -2.32. The van der Waals surface area contributed by atoms with Crippen LogP contribution in [0.25, 0.3) is 10.8 Å². The molecule has 5 heteroatoms. The first-order chi connectivity index (χ1) is 15.6. The average molecular weight is 431 g/mol. The number of fused-ring (bicyclic) bond motifs is 1. The number of hydrogen-bond donors (Lipinski definition) is 1. The van der Waals surface area contributed by atoms with E-state index < -0.39 is 0 Å².